The number of carbonyl (C=O) groups excluding carboxylic acids is 1. The van der Waals surface area contributed by atoms with E-state index in [9.17, 15) is 18.0 Å². The van der Waals surface area contributed by atoms with Crippen molar-refractivity contribution in [3.05, 3.63) is 71.2 Å². The number of amides is 1. The number of fused-ring (bicyclic) bond motifs is 3. The van der Waals surface area contributed by atoms with Gasteiger partial charge in [0.25, 0.3) is 0 Å². The van der Waals surface area contributed by atoms with Gasteiger partial charge in [0.1, 0.15) is 17.4 Å². The third kappa shape index (κ3) is 3.65. The number of rotatable bonds is 3. The highest BCUT2D eigenvalue weighted by Crippen LogP contribution is 2.51. The second-order valence-electron chi connectivity index (χ2n) is 8.64. The Hall–Kier alpha value is -4.08. The Morgan fingerprint density at radius 3 is 2.80 bits per heavy atom. The number of hydrogen-bond donors (Lipinski definition) is 2. The number of aromatic amines is 1. The number of anilines is 1. The van der Waals surface area contributed by atoms with Gasteiger partial charge in [0, 0.05) is 29.7 Å². The molecule has 2 unspecified atom stereocenters. The van der Waals surface area contributed by atoms with E-state index in [0.29, 0.717) is 52.8 Å². The van der Waals surface area contributed by atoms with Crippen LogP contribution in [0, 0.1) is 0 Å². The number of carbonyl (C=O) groups is 1. The predicted octanol–water partition coefficient (Wildman–Crippen LogP) is 5.89. The molecule has 0 saturated carbocycles. The van der Waals surface area contributed by atoms with Crippen molar-refractivity contribution in [2.75, 3.05) is 5.32 Å². The summed E-state index contributed by atoms with van der Waals surface area (Å²) in [5.41, 5.74) is 1.70. The number of H-pyrrole nitrogens is 1. The van der Waals surface area contributed by atoms with Crippen molar-refractivity contribution in [1.82, 2.24) is 15.0 Å². The minimum atomic E-state index is -4.44. The van der Waals surface area contributed by atoms with Gasteiger partial charge in [-0.3, -0.25) is 4.79 Å². The zero-order valence-corrected chi connectivity index (χ0v) is 18.4. The highest BCUT2D eigenvalue weighted by Gasteiger charge is 2.37. The standard InChI is InChI=1S/C25H19F3N4O3/c1-12-14-3-2-4-19(34-18-9-10-29-23-15(18)6-8-20(33)32-23)22(14)35-21(12)24-30-16-7-5-13(25(26,27)28)11-17(16)31-24/h2-5,7,9-12,21H,6,8H2,1H3,(H,30,31)(H,29,32,33). The molecule has 178 valence electrons. The lowest BCUT2D eigenvalue weighted by Crippen LogP contribution is -2.20. The van der Waals surface area contributed by atoms with Crippen LogP contribution in [0.1, 0.15) is 47.9 Å². The molecule has 7 nitrogen and oxygen atoms in total. The number of para-hydroxylation sites is 1. The first-order valence-corrected chi connectivity index (χ1v) is 11.1. The average Bonchev–Trinajstić information content (AvgIpc) is 3.39. The topological polar surface area (TPSA) is 89.1 Å². The fourth-order valence-corrected chi connectivity index (χ4v) is 4.59. The van der Waals surface area contributed by atoms with Crippen LogP contribution in [-0.4, -0.2) is 20.9 Å². The molecular formula is C25H19F3N4O3. The number of ether oxygens (including phenoxy) is 2. The van der Waals surface area contributed by atoms with Crippen LogP contribution >= 0.6 is 0 Å². The molecular weight excluding hydrogens is 461 g/mol. The number of halogens is 3. The van der Waals surface area contributed by atoms with Crippen LogP contribution in [0.3, 0.4) is 0 Å². The van der Waals surface area contributed by atoms with Gasteiger partial charge in [-0.05, 0) is 36.8 Å². The molecule has 0 radical (unpaired) electrons. The maximum atomic E-state index is 13.1. The monoisotopic (exact) mass is 480 g/mol. The molecule has 0 spiro atoms. The van der Waals surface area contributed by atoms with E-state index in [-0.39, 0.29) is 11.8 Å². The lowest BCUT2D eigenvalue weighted by molar-refractivity contribution is -0.137. The van der Waals surface area contributed by atoms with Crippen molar-refractivity contribution in [3.8, 4) is 17.2 Å². The van der Waals surface area contributed by atoms with Gasteiger partial charge in [-0.15, -0.1) is 0 Å². The summed E-state index contributed by atoms with van der Waals surface area (Å²) in [6, 6.07) is 10.7. The van der Waals surface area contributed by atoms with Gasteiger partial charge in [-0.1, -0.05) is 19.1 Å². The van der Waals surface area contributed by atoms with Gasteiger partial charge in [0.05, 0.1) is 16.6 Å². The molecule has 6 rings (SSSR count). The Morgan fingerprint density at radius 2 is 1.97 bits per heavy atom. The molecule has 2 aromatic heterocycles. The molecule has 2 atom stereocenters. The number of aromatic nitrogens is 3. The van der Waals surface area contributed by atoms with Gasteiger partial charge in [-0.2, -0.15) is 13.2 Å². The second kappa shape index (κ2) is 7.72. The summed E-state index contributed by atoms with van der Waals surface area (Å²) in [5, 5.41) is 2.76. The van der Waals surface area contributed by atoms with E-state index in [4.69, 9.17) is 9.47 Å². The molecule has 35 heavy (non-hydrogen) atoms. The fraction of sp³-hybridized carbons (Fsp3) is 0.240. The Kier molecular flexibility index (Phi) is 4.73. The molecule has 0 fully saturated rings. The first-order chi connectivity index (χ1) is 16.8. The van der Waals surface area contributed by atoms with Crippen molar-refractivity contribution in [2.24, 2.45) is 0 Å². The summed E-state index contributed by atoms with van der Waals surface area (Å²) in [7, 11) is 0. The lowest BCUT2D eigenvalue weighted by Gasteiger charge is -2.19. The summed E-state index contributed by atoms with van der Waals surface area (Å²) in [5.74, 6) is 2.34. The average molecular weight is 480 g/mol. The quantitative estimate of drug-likeness (QED) is 0.382. The van der Waals surface area contributed by atoms with E-state index in [1.54, 1.807) is 18.3 Å². The van der Waals surface area contributed by atoms with Crippen molar-refractivity contribution < 1.29 is 27.4 Å². The van der Waals surface area contributed by atoms with Crippen LogP contribution < -0.4 is 14.8 Å². The molecule has 2 aliphatic rings. The van der Waals surface area contributed by atoms with Crippen molar-refractivity contribution in [2.45, 2.75) is 38.0 Å². The van der Waals surface area contributed by atoms with Gasteiger partial charge in [-0.25, -0.2) is 9.97 Å². The molecule has 0 saturated heterocycles. The molecule has 2 aliphatic heterocycles. The number of imidazole rings is 1. The minimum Gasteiger partial charge on any atom is -0.478 e. The normalized spacial score (nSPS) is 19.1. The number of nitrogens with zero attached hydrogens (tertiary/aromatic N) is 2. The zero-order valence-electron chi connectivity index (χ0n) is 18.4. The molecule has 1 amide bonds. The lowest BCUT2D eigenvalue weighted by atomic mass is 9.97. The third-order valence-corrected chi connectivity index (χ3v) is 6.39. The SMILES string of the molecule is CC1c2cccc(Oc3ccnc4c3CCC(=O)N4)c2OC1c1nc2ccc(C(F)(F)F)cc2[nH]1. The first-order valence-electron chi connectivity index (χ1n) is 11.1. The Labute approximate surface area is 197 Å². The van der Waals surface area contributed by atoms with Crippen LogP contribution in [0.5, 0.6) is 17.2 Å². The molecule has 4 heterocycles. The van der Waals surface area contributed by atoms with Crippen LogP contribution in [0.25, 0.3) is 11.0 Å². The van der Waals surface area contributed by atoms with Crippen LogP contribution in [0.15, 0.2) is 48.7 Å². The number of hydrogen-bond acceptors (Lipinski definition) is 5. The number of alkyl halides is 3. The van der Waals surface area contributed by atoms with E-state index in [1.165, 1.54) is 6.07 Å². The zero-order chi connectivity index (χ0) is 24.3. The molecule has 0 bridgehead atoms. The summed E-state index contributed by atoms with van der Waals surface area (Å²) < 4.78 is 51.8. The second-order valence-corrected chi connectivity index (χ2v) is 8.64. The number of benzene rings is 2. The maximum absolute atomic E-state index is 13.1. The molecule has 2 aromatic carbocycles. The Bertz CT molecular complexity index is 1480. The number of nitrogens with one attached hydrogen (secondary N) is 2. The van der Waals surface area contributed by atoms with Crippen molar-refractivity contribution >= 4 is 22.8 Å². The summed E-state index contributed by atoms with van der Waals surface area (Å²) >= 11 is 0. The summed E-state index contributed by atoms with van der Waals surface area (Å²) in [6.45, 7) is 1.97. The molecule has 4 aromatic rings. The van der Waals surface area contributed by atoms with E-state index in [2.05, 4.69) is 20.3 Å². The molecule has 10 heteroatoms. The van der Waals surface area contributed by atoms with Crippen LogP contribution in [-0.2, 0) is 17.4 Å². The third-order valence-electron chi connectivity index (χ3n) is 6.39. The number of pyridine rings is 1. The highest BCUT2D eigenvalue weighted by atomic mass is 19.4. The van der Waals surface area contributed by atoms with E-state index in [1.807, 2.05) is 19.1 Å². The van der Waals surface area contributed by atoms with Gasteiger partial charge in [0.2, 0.25) is 5.91 Å². The van der Waals surface area contributed by atoms with E-state index in [0.717, 1.165) is 23.3 Å². The minimum absolute atomic E-state index is 0.0871. The summed E-state index contributed by atoms with van der Waals surface area (Å²) in [4.78, 5) is 23.4. The van der Waals surface area contributed by atoms with Gasteiger partial charge in [0.15, 0.2) is 17.6 Å². The van der Waals surface area contributed by atoms with Crippen LogP contribution in [0.4, 0.5) is 19.0 Å². The Balaban J connectivity index is 1.32. The van der Waals surface area contributed by atoms with Crippen LogP contribution in [0.2, 0.25) is 0 Å². The van der Waals surface area contributed by atoms with E-state index < -0.39 is 17.8 Å². The van der Waals surface area contributed by atoms with E-state index >= 15 is 0 Å². The highest BCUT2D eigenvalue weighted by molar-refractivity contribution is 5.93. The van der Waals surface area contributed by atoms with Gasteiger partial charge < -0.3 is 19.8 Å². The molecule has 0 aliphatic carbocycles. The smallest absolute Gasteiger partial charge is 0.416 e. The fourth-order valence-electron chi connectivity index (χ4n) is 4.59. The van der Waals surface area contributed by atoms with Crippen molar-refractivity contribution in [1.29, 1.82) is 0 Å². The predicted molar refractivity (Wildman–Crippen MR) is 121 cm³/mol. The van der Waals surface area contributed by atoms with Crippen molar-refractivity contribution in [3.63, 3.8) is 0 Å². The Morgan fingerprint density at radius 1 is 1.11 bits per heavy atom. The maximum Gasteiger partial charge on any atom is 0.416 e. The van der Waals surface area contributed by atoms with Gasteiger partial charge >= 0.3 is 6.18 Å². The summed E-state index contributed by atoms with van der Waals surface area (Å²) in [6.07, 6.45) is -2.54. The largest absolute Gasteiger partial charge is 0.478 e. The molecule has 2 N–H and O–H groups in total. The first kappa shape index (κ1) is 21.5.